The minimum absolute atomic E-state index is 0.0601. The number of ether oxygens (including phenoxy) is 1. The number of para-hydroxylation sites is 1. The zero-order valence-electron chi connectivity index (χ0n) is 16.0. The summed E-state index contributed by atoms with van der Waals surface area (Å²) >= 11 is 0. The van der Waals surface area contributed by atoms with Crippen LogP contribution in [0, 0.1) is 13.8 Å². The Labute approximate surface area is 151 Å². The average molecular weight is 339 g/mol. The van der Waals surface area contributed by atoms with Crippen molar-refractivity contribution < 1.29 is 9.53 Å². The summed E-state index contributed by atoms with van der Waals surface area (Å²) in [7, 11) is 1.59. The quantitative estimate of drug-likeness (QED) is 0.787. The van der Waals surface area contributed by atoms with Crippen molar-refractivity contribution in [3.8, 4) is 5.75 Å². The molecule has 3 nitrogen and oxygen atoms in total. The van der Waals surface area contributed by atoms with Crippen LogP contribution in [0.5, 0.6) is 5.75 Å². The van der Waals surface area contributed by atoms with Gasteiger partial charge in [-0.05, 0) is 49.9 Å². The number of hydrogen-bond acceptors (Lipinski definition) is 2. The predicted octanol–water partition coefficient (Wildman–Crippen LogP) is 4.80. The van der Waals surface area contributed by atoms with E-state index in [1.54, 1.807) is 13.2 Å². The lowest BCUT2D eigenvalue weighted by Crippen LogP contribution is -2.40. The first-order valence-electron chi connectivity index (χ1n) is 8.96. The molecule has 0 heterocycles. The van der Waals surface area contributed by atoms with Gasteiger partial charge in [0.2, 0.25) is 0 Å². The van der Waals surface area contributed by atoms with E-state index in [-0.39, 0.29) is 11.3 Å². The van der Waals surface area contributed by atoms with Crippen molar-refractivity contribution in [1.82, 2.24) is 5.32 Å². The first kappa shape index (κ1) is 19.0. The molecule has 0 spiro atoms. The van der Waals surface area contributed by atoms with E-state index in [9.17, 15) is 4.79 Å². The third-order valence-electron chi connectivity index (χ3n) is 5.25. The Morgan fingerprint density at radius 2 is 1.76 bits per heavy atom. The first-order valence-corrected chi connectivity index (χ1v) is 8.96. The normalized spacial score (nSPS) is 11.2. The Bertz CT molecular complexity index is 733. The molecule has 0 aliphatic rings. The molecule has 0 atom stereocenters. The zero-order chi connectivity index (χ0) is 18.4. The van der Waals surface area contributed by atoms with Gasteiger partial charge in [-0.3, -0.25) is 4.79 Å². The molecule has 25 heavy (non-hydrogen) atoms. The molecule has 0 fully saturated rings. The van der Waals surface area contributed by atoms with Crippen LogP contribution in [0.25, 0.3) is 0 Å². The van der Waals surface area contributed by atoms with Gasteiger partial charge in [0.25, 0.3) is 5.91 Å². The molecule has 0 saturated heterocycles. The Kier molecular flexibility index (Phi) is 6.24. The van der Waals surface area contributed by atoms with Crippen LogP contribution < -0.4 is 10.1 Å². The van der Waals surface area contributed by atoms with Gasteiger partial charge in [-0.25, -0.2) is 0 Å². The van der Waals surface area contributed by atoms with E-state index in [1.807, 2.05) is 18.2 Å². The van der Waals surface area contributed by atoms with Gasteiger partial charge in [-0.15, -0.1) is 0 Å². The summed E-state index contributed by atoms with van der Waals surface area (Å²) in [6.07, 6.45) is 1.94. The van der Waals surface area contributed by atoms with Crippen LogP contribution in [-0.4, -0.2) is 19.6 Å². The molecule has 2 rings (SSSR count). The minimum Gasteiger partial charge on any atom is -0.496 e. The fraction of sp³-hybridized carbons (Fsp3) is 0.409. The molecule has 0 radical (unpaired) electrons. The summed E-state index contributed by atoms with van der Waals surface area (Å²) in [5.74, 6) is 0.513. The van der Waals surface area contributed by atoms with E-state index in [4.69, 9.17) is 4.74 Å². The topological polar surface area (TPSA) is 38.3 Å². The van der Waals surface area contributed by atoms with Crippen LogP contribution in [0.3, 0.4) is 0 Å². The van der Waals surface area contributed by atoms with Crippen LogP contribution >= 0.6 is 0 Å². The highest BCUT2D eigenvalue weighted by atomic mass is 16.5. The second-order valence-corrected chi connectivity index (χ2v) is 6.69. The van der Waals surface area contributed by atoms with Crippen molar-refractivity contribution in [3.05, 3.63) is 64.7 Å². The molecule has 0 saturated carbocycles. The van der Waals surface area contributed by atoms with Gasteiger partial charge < -0.3 is 10.1 Å². The maximum Gasteiger partial charge on any atom is 0.255 e. The van der Waals surface area contributed by atoms with Crippen molar-refractivity contribution in [1.29, 1.82) is 0 Å². The lowest BCUT2D eigenvalue weighted by Gasteiger charge is -2.34. The largest absolute Gasteiger partial charge is 0.496 e. The standard InChI is InChI=1S/C22H29NO2/c1-6-22(7-2,19-13-12-16(3)14-17(19)4)15-23-21(24)18-10-8-9-11-20(18)25-5/h8-14H,6-7,15H2,1-5H3,(H,23,24). The van der Waals surface area contributed by atoms with Crippen LogP contribution in [0.2, 0.25) is 0 Å². The van der Waals surface area contributed by atoms with Crippen molar-refractivity contribution in [3.63, 3.8) is 0 Å². The molecule has 0 unspecified atom stereocenters. The highest BCUT2D eigenvalue weighted by molar-refractivity contribution is 5.96. The van der Waals surface area contributed by atoms with Crippen LogP contribution in [0.15, 0.2) is 42.5 Å². The van der Waals surface area contributed by atoms with Crippen molar-refractivity contribution in [2.24, 2.45) is 0 Å². The fourth-order valence-corrected chi connectivity index (χ4v) is 3.56. The molecule has 0 bridgehead atoms. The number of aryl methyl sites for hydroxylation is 2. The maximum atomic E-state index is 12.7. The number of carbonyl (C=O) groups excluding carboxylic acids is 1. The number of carbonyl (C=O) groups is 1. The van der Waals surface area contributed by atoms with E-state index in [0.29, 0.717) is 17.9 Å². The lowest BCUT2D eigenvalue weighted by molar-refractivity contribution is 0.0938. The van der Waals surface area contributed by atoms with E-state index >= 15 is 0 Å². The van der Waals surface area contributed by atoms with Gasteiger partial charge >= 0.3 is 0 Å². The van der Waals surface area contributed by atoms with E-state index < -0.39 is 0 Å². The molecule has 0 aromatic heterocycles. The molecule has 0 aliphatic carbocycles. The summed E-state index contributed by atoms with van der Waals surface area (Å²) in [5.41, 5.74) is 4.39. The highest BCUT2D eigenvalue weighted by Gasteiger charge is 2.30. The summed E-state index contributed by atoms with van der Waals surface area (Å²) in [6, 6.07) is 13.9. The highest BCUT2D eigenvalue weighted by Crippen LogP contribution is 2.34. The second kappa shape index (κ2) is 8.19. The Hall–Kier alpha value is -2.29. The third kappa shape index (κ3) is 4.04. The Balaban J connectivity index is 2.26. The van der Waals surface area contributed by atoms with Crippen LogP contribution in [0.4, 0.5) is 0 Å². The number of amides is 1. The van der Waals surface area contributed by atoms with Gasteiger partial charge in [-0.2, -0.15) is 0 Å². The monoisotopic (exact) mass is 339 g/mol. The van der Waals surface area contributed by atoms with E-state index in [0.717, 1.165) is 12.8 Å². The van der Waals surface area contributed by atoms with Gasteiger partial charge in [0.05, 0.1) is 12.7 Å². The Morgan fingerprint density at radius 3 is 2.36 bits per heavy atom. The SMILES string of the molecule is CCC(CC)(CNC(=O)c1ccccc1OC)c1ccc(C)cc1C. The number of methoxy groups -OCH3 is 1. The van der Waals surface area contributed by atoms with Gasteiger partial charge in [-0.1, -0.05) is 49.7 Å². The predicted molar refractivity (Wildman–Crippen MR) is 104 cm³/mol. The molecule has 134 valence electrons. The van der Waals surface area contributed by atoms with Gasteiger partial charge in [0.15, 0.2) is 0 Å². The summed E-state index contributed by atoms with van der Waals surface area (Å²) in [5, 5.41) is 3.14. The van der Waals surface area contributed by atoms with Crippen molar-refractivity contribution in [2.75, 3.05) is 13.7 Å². The number of benzene rings is 2. The summed E-state index contributed by atoms with van der Waals surface area (Å²) < 4.78 is 5.31. The second-order valence-electron chi connectivity index (χ2n) is 6.69. The number of nitrogens with one attached hydrogen (secondary N) is 1. The summed E-state index contributed by atoms with van der Waals surface area (Å²) in [4.78, 5) is 12.7. The molecular formula is C22H29NO2. The summed E-state index contributed by atoms with van der Waals surface area (Å²) in [6.45, 7) is 9.27. The average Bonchev–Trinajstić information content (AvgIpc) is 2.63. The van der Waals surface area contributed by atoms with Gasteiger partial charge in [0.1, 0.15) is 5.75 Å². The molecule has 1 N–H and O–H groups in total. The van der Waals surface area contributed by atoms with E-state index in [2.05, 4.69) is 51.2 Å². The maximum absolute atomic E-state index is 12.7. The third-order valence-corrected chi connectivity index (χ3v) is 5.25. The minimum atomic E-state index is -0.0894. The molecule has 3 heteroatoms. The molecule has 1 amide bonds. The van der Waals surface area contributed by atoms with Crippen LogP contribution in [-0.2, 0) is 5.41 Å². The fourth-order valence-electron chi connectivity index (χ4n) is 3.56. The molecule has 2 aromatic carbocycles. The smallest absolute Gasteiger partial charge is 0.255 e. The van der Waals surface area contributed by atoms with E-state index in [1.165, 1.54) is 16.7 Å². The van der Waals surface area contributed by atoms with Crippen LogP contribution in [0.1, 0.15) is 53.7 Å². The Morgan fingerprint density at radius 1 is 1.08 bits per heavy atom. The lowest BCUT2D eigenvalue weighted by atomic mass is 9.73. The zero-order valence-corrected chi connectivity index (χ0v) is 16.0. The van der Waals surface area contributed by atoms with Crippen molar-refractivity contribution in [2.45, 2.75) is 46.0 Å². The van der Waals surface area contributed by atoms with Crippen molar-refractivity contribution >= 4 is 5.91 Å². The molecular weight excluding hydrogens is 310 g/mol. The first-order chi connectivity index (χ1) is 12.0. The molecule has 2 aromatic rings. The number of hydrogen-bond donors (Lipinski definition) is 1. The molecule has 0 aliphatic heterocycles. The van der Waals surface area contributed by atoms with Gasteiger partial charge in [0, 0.05) is 12.0 Å². The number of rotatable bonds is 7.